The zero-order valence-electron chi connectivity index (χ0n) is 27.4. The van der Waals surface area contributed by atoms with Gasteiger partial charge in [0.15, 0.2) is 0 Å². The van der Waals surface area contributed by atoms with Crippen LogP contribution in [-0.4, -0.2) is 60.3 Å². The van der Waals surface area contributed by atoms with Gasteiger partial charge in [-0.15, -0.1) is 0 Å². The molecule has 2 aliphatic heterocycles. The number of imidazole rings is 1. The van der Waals surface area contributed by atoms with Crippen LogP contribution in [-0.2, 0) is 27.9 Å². The number of anilines is 1. The number of aryl methyl sites for hydroxylation is 2. The Kier molecular flexibility index (Phi) is 9.78. The van der Waals surface area contributed by atoms with E-state index in [0.717, 1.165) is 69.5 Å². The van der Waals surface area contributed by atoms with Crippen molar-refractivity contribution in [2.24, 2.45) is 23.7 Å². The molecule has 0 radical (unpaired) electrons. The summed E-state index contributed by atoms with van der Waals surface area (Å²) in [6.45, 7) is 8.49. The van der Waals surface area contributed by atoms with Gasteiger partial charge in [-0.1, -0.05) is 25.5 Å². The Bertz CT molecular complexity index is 1490. The van der Waals surface area contributed by atoms with Crippen LogP contribution in [0.4, 0.5) is 18.9 Å². The maximum atomic E-state index is 15.1. The number of hydrogen-bond donors (Lipinski definition) is 0. The number of hydrogen-bond acceptors (Lipinski definition) is 5. The summed E-state index contributed by atoms with van der Waals surface area (Å²) in [5.41, 5.74) is 1.30. The number of likely N-dealkylation sites (tertiary alicyclic amines) is 1. The molecule has 6 rings (SSSR count). The highest BCUT2D eigenvalue weighted by molar-refractivity contribution is 5.69. The minimum Gasteiger partial charge on any atom is -0.469 e. The van der Waals surface area contributed by atoms with E-state index in [1.807, 2.05) is 23.4 Å². The van der Waals surface area contributed by atoms with Gasteiger partial charge >= 0.3 is 5.97 Å². The molecule has 0 unspecified atom stereocenters. The summed E-state index contributed by atoms with van der Waals surface area (Å²) in [7, 11) is 1.45. The molecule has 3 fully saturated rings. The van der Waals surface area contributed by atoms with Crippen molar-refractivity contribution in [2.45, 2.75) is 70.8 Å². The third kappa shape index (κ3) is 6.44. The largest absolute Gasteiger partial charge is 0.469 e. The molecule has 1 saturated carbocycles. The van der Waals surface area contributed by atoms with E-state index >= 15 is 4.39 Å². The van der Waals surface area contributed by atoms with Crippen molar-refractivity contribution in [1.82, 2.24) is 14.5 Å². The van der Waals surface area contributed by atoms with Crippen LogP contribution >= 0.6 is 0 Å². The van der Waals surface area contributed by atoms with E-state index in [1.54, 1.807) is 13.0 Å². The summed E-state index contributed by atoms with van der Waals surface area (Å²) in [5.74, 6) is 0.575. The monoisotopic (exact) mass is 636 g/mol. The summed E-state index contributed by atoms with van der Waals surface area (Å²) < 4.78 is 51.6. The smallest absolute Gasteiger partial charge is 0.305 e. The molecule has 2 aromatic carbocycles. The van der Waals surface area contributed by atoms with Crippen LogP contribution in [0.3, 0.4) is 0 Å². The second-order valence-electron chi connectivity index (χ2n) is 13.9. The van der Waals surface area contributed by atoms with Gasteiger partial charge in [-0.05, 0) is 98.8 Å². The van der Waals surface area contributed by atoms with Crippen molar-refractivity contribution in [3.05, 3.63) is 83.2 Å². The Balaban J connectivity index is 1.24. The molecule has 3 heterocycles. The SMILES string of the molecule is CCc1nccn1C[C@@](c1cccc(F)c1)(C1CCN(CC2CN(c3c(F)cc(C)cc3F)C2)CC1)[C@H]1CCC[C@@H]1CC(=O)OC. The second-order valence-corrected chi connectivity index (χ2v) is 13.9. The van der Waals surface area contributed by atoms with Crippen LogP contribution in [0.1, 0.15) is 62.4 Å². The lowest BCUT2D eigenvalue weighted by molar-refractivity contribution is -0.142. The molecule has 9 heteroatoms. The van der Waals surface area contributed by atoms with E-state index < -0.39 is 11.6 Å². The zero-order chi connectivity index (χ0) is 32.4. The molecule has 0 bridgehead atoms. The zero-order valence-corrected chi connectivity index (χ0v) is 27.4. The van der Waals surface area contributed by atoms with Gasteiger partial charge in [-0.2, -0.15) is 0 Å². The molecule has 248 valence electrons. The third-order valence-electron chi connectivity index (χ3n) is 11.2. The van der Waals surface area contributed by atoms with Crippen LogP contribution in [0.15, 0.2) is 48.8 Å². The molecule has 0 amide bonds. The number of rotatable bonds is 11. The average molecular weight is 637 g/mol. The molecular formula is C37H47F3N4O2. The second kappa shape index (κ2) is 13.8. The van der Waals surface area contributed by atoms with Gasteiger partial charge < -0.3 is 19.1 Å². The van der Waals surface area contributed by atoms with Crippen LogP contribution < -0.4 is 4.90 Å². The van der Waals surface area contributed by atoms with E-state index in [2.05, 4.69) is 27.4 Å². The van der Waals surface area contributed by atoms with E-state index in [-0.39, 0.29) is 40.6 Å². The van der Waals surface area contributed by atoms with Gasteiger partial charge in [0.25, 0.3) is 0 Å². The number of benzene rings is 2. The van der Waals surface area contributed by atoms with Gasteiger partial charge in [0, 0.05) is 62.7 Å². The summed E-state index contributed by atoms with van der Waals surface area (Å²) in [5, 5.41) is 0. The first kappa shape index (κ1) is 32.6. The Morgan fingerprint density at radius 3 is 2.46 bits per heavy atom. The Morgan fingerprint density at radius 1 is 1.04 bits per heavy atom. The van der Waals surface area contributed by atoms with E-state index in [9.17, 15) is 13.6 Å². The van der Waals surface area contributed by atoms with Crippen molar-refractivity contribution >= 4 is 11.7 Å². The minimum absolute atomic E-state index is 0.0875. The average Bonchev–Trinajstić information content (AvgIpc) is 3.67. The van der Waals surface area contributed by atoms with E-state index in [1.165, 1.54) is 25.3 Å². The highest BCUT2D eigenvalue weighted by Gasteiger charge is 2.52. The lowest BCUT2D eigenvalue weighted by Gasteiger charge is -2.51. The maximum absolute atomic E-state index is 15.1. The molecule has 3 aliphatic rings. The fourth-order valence-corrected chi connectivity index (χ4v) is 9.06. The van der Waals surface area contributed by atoms with E-state index in [4.69, 9.17) is 4.74 Å². The van der Waals surface area contributed by atoms with Gasteiger partial charge in [0.1, 0.15) is 29.0 Å². The lowest BCUT2D eigenvalue weighted by Crippen LogP contribution is -2.55. The normalized spacial score (nSPS) is 22.5. The number of ether oxygens (including phenoxy) is 1. The molecule has 1 aliphatic carbocycles. The van der Waals surface area contributed by atoms with Gasteiger partial charge in [-0.3, -0.25) is 4.79 Å². The summed E-state index contributed by atoms with van der Waals surface area (Å²) in [6.07, 6.45) is 9.96. The lowest BCUT2D eigenvalue weighted by atomic mass is 9.57. The summed E-state index contributed by atoms with van der Waals surface area (Å²) >= 11 is 0. The molecule has 0 N–H and O–H groups in total. The van der Waals surface area contributed by atoms with Crippen LogP contribution in [0.5, 0.6) is 0 Å². The predicted octanol–water partition coefficient (Wildman–Crippen LogP) is 6.94. The summed E-state index contributed by atoms with van der Waals surface area (Å²) in [4.78, 5) is 21.6. The quantitative estimate of drug-likeness (QED) is 0.214. The molecule has 46 heavy (non-hydrogen) atoms. The van der Waals surface area contributed by atoms with E-state index in [0.29, 0.717) is 37.5 Å². The summed E-state index contributed by atoms with van der Waals surface area (Å²) in [6, 6.07) is 9.97. The fourth-order valence-electron chi connectivity index (χ4n) is 9.06. The third-order valence-corrected chi connectivity index (χ3v) is 11.2. The van der Waals surface area contributed by atoms with Crippen molar-refractivity contribution < 1.29 is 22.7 Å². The number of aromatic nitrogens is 2. The highest BCUT2D eigenvalue weighted by Crippen LogP contribution is 2.54. The predicted molar refractivity (Wildman–Crippen MR) is 173 cm³/mol. The number of carbonyl (C=O) groups excluding carboxylic acids is 1. The van der Waals surface area contributed by atoms with Crippen molar-refractivity contribution in [3.8, 4) is 0 Å². The number of piperidine rings is 1. The molecule has 3 aromatic rings. The fraction of sp³-hybridized carbons (Fsp3) is 0.568. The Hall–Kier alpha value is -3.33. The van der Waals surface area contributed by atoms with Crippen molar-refractivity contribution in [1.29, 1.82) is 0 Å². The number of esters is 1. The highest BCUT2D eigenvalue weighted by atomic mass is 19.1. The van der Waals surface area contributed by atoms with Gasteiger partial charge in [-0.25, -0.2) is 18.2 Å². The maximum Gasteiger partial charge on any atom is 0.305 e. The number of nitrogens with zero attached hydrogens (tertiary/aromatic N) is 4. The van der Waals surface area contributed by atoms with Crippen LogP contribution in [0.25, 0.3) is 0 Å². The van der Waals surface area contributed by atoms with Gasteiger partial charge in [0.05, 0.1) is 7.11 Å². The topological polar surface area (TPSA) is 50.6 Å². The number of halogens is 3. The van der Waals surface area contributed by atoms with Crippen LogP contribution in [0, 0.1) is 48.0 Å². The molecule has 2 saturated heterocycles. The molecule has 6 nitrogen and oxygen atoms in total. The number of methoxy groups -OCH3 is 1. The molecule has 1 aromatic heterocycles. The first-order valence-electron chi connectivity index (χ1n) is 17.0. The standard InChI is InChI=1S/C37H47F3N4O2/c1-4-34-41-13-16-43(34)24-37(29-8-6-9-30(38)20-29,31-10-5-7-27(31)19-35(45)46-3)28-11-14-42(15-12-28)21-26-22-44(23-26)36-32(39)17-25(2)18-33(36)40/h6,8-9,13,16-18,20,26-28,31H,4-5,7,10-12,14-15,19,21-24H2,1-3H3/t27-,31+,37+/m1/s1. The molecule has 0 spiro atoms. The first-order chi connectivity index (χ1) is 22.2. The van der Waals surface area contributed by atoms with Crippen molar-refractivity contribution in [3.63, 3.8) is 0 Å². The Morgan fingerprint density at radius 2 is 1.78 bits per heavy atom. The molecule has 3 atom stereocenters. The van der Waals surface area contributed by atoms with Crippen LogP contribution in [0.2, 0.25) is 0 Å². The minimum atomic E-state index is -0.494. The Labute approximate surface area is 270 Å². The van der Waals surface area contributed by atoms with Crippen molar-refractivity contribution in [2.75, 3.05) is 44.7 Å². The first-order valence-corrected chi connectivity index (χ1v) is 17.0. The molecular weight excluding hydrogens is 589 g/mol. The van der Waals surface area contributed by atoms with Gasteiger partial charge in [0.2, 0.25) is 0 Å². The number of carbonyl (C=O) groups is 1.